The minimum atomic E-state index is 0.217. The zero-order valence-electron chi connectivity index (χ0n) is 10.9. The van der Waals surface area contributed by atoms with Gasteiger partial charge in [-0.15, -0.1) is 0 Å². The van der Waals surface area contributed by atoms with E-state index in [4.69, 9.17) is 5.73 Å². The summed E-state index contributed by atoms with van der Waals surface area (Å²) in [6.07, 6.45) is 3.53. The third-order valence-corrected chi connectivity index (χ3v) is 3.29. The minimum absolute atomic E-state index is 0.217. The number of pyridine rings is 1. The van der Waals surface area contributed by atoms with Gasteiger partial charge in [0.2, 0.25) is 0 Å². The predicted octanol–water partition coefficient (Wildman–Crippen LogP) is 3.25. The Balaban J connectivity index is 2.28. The second-order valence-electron chi connectivity index (χ2n) is 5.42. The molecule has 0 amide bonds. The fraction of sp³-hybridized carbons (Fsp3) is 0.385. The zero-order valence-corrected chi connectivity index (χ0v) is 11.7. The lowest BCUT2D eigenvalue weighted by atomic mass is 9.97. The Hall–Kier alpha value is -1.62. The molecule has 0 aliphatic rings. The average molecular weight is 262 g/mol. The van der Waals surface area contributed by atoms with E-state index in [0.717, 1.165) is 22.7 Å². The highest BCUT2D eigenvalue weighted by molar-refractivity contribution is 7.11. The van der Waals surface area contributed by atoms with Crippen molar-refractivity contribution in [3.63, 3.8) is 0 Å². The molecule has 4 nitrogen and oxygen atoms in total. The molecule has 0 aliphatic heterocycles. The van der Waals surface area contributed by atoms with Crippen LogP contribution < -0.4 is 11.1 Å². The lowest BCUT2D eigenvalue weighted by Crippen LogP contribution is -2.18. The summed E-state index contributed by atoms with van der Waals surface area (Å²) in [6, 6.07) is 3.89. The summed E-state index contributed by atoms with van der Waals surface area (Å²) in [7, 11) is 0. The molecule has 0 saturated heterocycles. The summed E-state index contributed by atoms with van der Waals surface area (Å²) >= 11 is 1.41. The largest absolute Gasteiger partial charge is 0.382 e. The monoisotopic (exact) mass is 262 g/mol. The number of anilines is 2. The lowest BCUT2D eigenvalue weighted by Gasteiger charge is -2.19. The lowest BCUT2D eigenvalue weighted by molar-refractivity contribution is 0.443. The molecule has 0 unspecified atom stereocenters. The van der Waals surface area contributed by atoms with Crippen molar-refractivity contribution in [1.29, 1.82) is 0 Å². The molecule has 0 spiro atoms. The van der Waals surface area contributed by atoms with E-state index < -0.39 is 0 Å². The molecule has 96 valence electrons. The highest BCUT2D eigenvalue weighted by atomic mass is 32.1. The molecule has 0 atom stereocenters. The third kappa shape index (κ3) is 2.98. The number of hydrogen-bond acceptors (Lipinski definition) is 5. The van der Waals surface area contributed by atoms with Gasteiger partial charge >= 0.3 is 0 Å². The van der Waals surface area contributed by atoms with Crippen LogP contribution in [0.5, 0.6) is 0 Å². The van der Waals surface area contributed by atoms with Crippen molar-refractivity contribution in [1.82, 2.24) is 9.36 Å². The maximum absolute atomic E-state index is 5.95. The second-order valence-corrected chi connectivity index (χ2v) is 6.20. The van der Waals surface area contributed by atoms with E-state index >= 15 is 0 Å². The van der Waals surface area contributed by atoms with Crippen LogP contribution in [0.2, 0.25) is 0 Å². The van der Waals surface area contributed by atoms with Crippen molar-refractivity contribution in [2.75, 3.05) is 17.6 Å². The summed E-state index contributed by atoms with van der Waals surface area (Å²) in [5, 5.41) is 4.45. The van der Waals surface area contributed by atoms with Crippen molar-refractivity contribution in [2.24, 2.45) is 5.41 Å². The first-order valence-corrected chi connectivity index (χ1v) is 6.64. The summed E-state index contributed by atoms with van der Waals surface area (Å²) in [5.74, 6) is 0.572. The van der Waals surface area contributed by atoms with Gasteiger partial charge in [-0.1, -0.05) is 20.8 Å². The van der Waals surface area contributed by atoms with Crippen LogP contribution in [-0.4, -0.2) is 15.9 Å². The van der Waals surface area contributed by atoms with Gasteiger partial charge in [-0.05, 0) is 34.6 Å². The van der Waals surface area contributed by atoms with Gasteiger partial charge < -0.3 is 11.1 Å². The number of nitrogens with one attached hydrogen (secondary N) is 1. The topological polar surface area (TPSA) is 63.8 Å². The predicted molar refractivity (Wildman–Crippen MR) is 77.7 cm³/mol. The van der Waals surface area contributed by atoms with E-state index in [9.17, 15) is 0 Å². The number of rotatable bonds is 3. The number of aromatic nitrogens is 2. The van der Waals surface area contributed by atoms with Crippen molar-refractivity contribution in [2.45, 2.75) is 20.8 Å². The van der Waals surface area contributed by atoms with Gasteiger partial charge in [0.15, 0.2) is 0 Å². The van der Waals surface area contributed by atoms with Gasteiger partial charge in [-0.25, -0.2) is 0 Å². The molecule has 2 rings (SSSR count). The van der Waals surface area contributed by atoms with Gasteiger partial charge in [-0.2, -0.15) is 4.37 Å². The van der Waals surface area contributed by atoms with E-state index in [-0.39, 0.29) is 5.41 Å². The SMILES string of the molecule is CC(C)(C)CNc1snc(N)c1-c1ccncc1. The van der Waals surface area contributed by atoms with Gasteiger partial charge in [-0.3, -0.25) is 4.98 Å². The standard InChI is InChI=1S/C13H18N4S/c1-13(2,3)8-16-12-10(11(14)17-18-12)9-4-6-15-7-5-9/h4-7,16H,8H2,1-3H3,(H2,14,17). The second kappa shape index (κ2) is 4.94. The van der Waals surface area contributed by atoms with Crippen molar-refractivity contribution in [3.8, 4) is 11.1 Å². The van der Waals surface area contributed by atoms with Gasteiger partial charge in [0.25, 0.3) is 0 Å². The van der Waals surface area contributed by atoms with Crippen LogP contribution >= 0.6 is 11.5 Å². The van der Waals surface area contributed by atoms with Crippen molar-refractivity contribution >= 4 is 22.4 Å². The van der Waals surface area contributed by atoms with E-state index in [2.05, 4.69) is 35.4 Å². The normalized spacial score (nSPS) is 11.5. The smallest absolute Gasteiger partial charge is 0.147 e. The third-order valence-electron chi connectivity index (χ3n) is 2.47. The number of nitrogens with zero attached hydrogens (tertiary/aromatic N) is 2. The minimum Gasteiger partial charge on any atom is -0.382 e. The molecule has 0 aromatic carbocycles. The molecular weight excluding hydrogens is 244 g/mol. The Bertz CT molecular complexity index is 514. The Morgan fingerprint density at radius 3 is 2.56 bits per heavy atom. The molecule has 0 radical (unpaired) electrons. The average Bonchev–Trinajstić information content (AvgIpc) is 2.68. The van der Waals surface area contributed by atoms with Gasteiger partial charge in [0.05, 0.1) is 5.56 Å². The maximum Gasteiger partial charge on any atom is 0.147 e. The van der Waals surface area contributed by atoms with E-state index in [1.54, 1.807) is 12.4 Å². The first kappa shape index (κ1) is 12.8. The van der Waals surface area contributed by atoms with Crippen LogP contribution in [-0.2, 0) is 0 Å². The van der Waals surface area contributed by atoms with Crippen LogP contribution in [0.4, 0.5) is 10.8 Å². The highest BCUT2D eigenvalue weighted by Gasteiger charge is 2.16. The molecule has 2 aromatic heterocycles. The highest BCUT2D eigenvalue weighted by Crippen LogP contribution is 2.36. The van der Waals surface area contributed by atoms with E-state index in [0.29, 0.717) is 5.82 Å². The molecule has 0 aliphatic carbocycles. The molecular formula is C13H18N4S. The fourth-order valence-corrected chi connectivity index (χ4v) is 2.30. The Morgan fingerprint density at radius 1 is 1.28 bits per heavy atom. The summed E-state index contributed by atoms with van der Waals surface area (Å²) in [5.41, 5.74) is 8.20. The van der Waals surface area contributed by atoms with Gasteiger partial charge in [0, 0.05) is 18.9 Å². The Labute approximate surface area is 111 Å². The van der Waals surface area contributed by atoms with Crippen LogP contribution in [0, 0.1) is 5.41 Å². The number of hydrogen-bond donors (Lipinski definition) is 2. The molecule has 3 N–H and O–H groups in total. The molecule has 0 bridgehead atoms. The molecule has 2 aromatic rings. The zero-order chi connectivity index (χ0) is 13.2. The van der Waals surface area contributed by atoms with Crippen LogP contribution in [0.1, 0.15) is 20.8 Å². The van der Waals surface area contributed by atoms with Gasteiger partial charge in [0.1, 0.15) is 10.8 Å². The van der Waals surface area contributed by atoms with E-state index in [1.165, 1.54) is 11.5 Å². The number of nitrogens with two attached hydrogens (primary N) is 1. The van der Waals surface area contributed by atoms with Crippen molar-refractivity contribution in [3.05, 3.63) is 24.5 Å². The van der Waals surface area contributed by atoms with Crippen LogP contribution in [0.3, 0.4) is 0 Å². The van der Waals surface area contributed by atoms with Crippen LogP contribution in [0.15, 0.2) is 24.5 Å². The quantitative estimate of drug-likeness (QED) is 0.891. The maximum atomic E-state index is 5.95. The first-order valence-electron chi connectivity index (χ1n) is 5.87. The molecule has 2 heterocycles. The Morgan fingerprint density at radius 2 is 1.94 bits per heavy atom. The summed E-state index contributed by atoms with van der Waals surface area (Å²) < 4.78 is 4.23. The van der Waals surface area contributed by atoms with Crippen molar-refractivity contribution < 1.29 is 0 Å². The summed E-state index contributed by atoms with van der Waals surface area (Å²) in [6.45, 7) is 7.45. The first-order chi connectivity index (χ1) is 8.47. The Kier molecular flexibility index (Phi) is 3.52. The number of nitrogen functional groups attached to an aromatic ring is 1. The van der Waals surface area contributed by atoms with Crippen LogP contribution in [0.25, 0.3) is 11.1 Å². The molecule has 5 heteroatoms. The molecule has 0 saturated carbocycles. The molecule has 18 heavy (non-hydrogen) atoms. The fourth-order valence-electron chi connectivity index (χ4n) is 1.57. The van der Waals surface area contributed by atoms with E-state index in [1.807, 2.05) is 12.1 Å². The molecule has 0 fully saturated rings. The summed E-state index contributed by atoms with van der Waals surface area (Å²) in [4.78, 5) is 4.02.